The molecule has 1 atom stereocenters. The molecular weight excluding hydrogens is 313 g/mol. The molecule has 0 saturated heterocycles. The molecule has 3 nitrogen and oxygen atoms in total. The summed E-state index contributed by atoms with van der Waals surface area (Å²) in [5, 5.41) is 0. The van der Waals surface area contributed by atoms with Crippen molar-refractivity contribution in [2.75, 3.05) is 6.61 Å². The second kappa shape index (κ2) is 4.24. The van der Waals surface area contributed by atoms with E-state index in [9.17, 15) is 13.2 Å². The van der Waals surface area contributed by atoms with Crippen LogP contribution in [0.3, 0.4) is 0 Å². The minimum atomic E-state index is -3.63. The van der Waals surface area contributed by atoms with Crippen LogP contribution in [0.1, 0.15) is 12.5 Å². The lowest BCUT2D eigenvalue weighted by molar-refractivity contribution is -0.277. The van der Waals surface area contributed by atoms with E-state index in [0.717, 1.165) is 13.0 Å². The van der Waals surface area contributed by atoms with Crippen molar-refractivity contribution in [3.63, 3.8) is 0 Å². The number of nitrogens with two attached hydrogens (primary N) is 1. The van der Waals surface area contributed by atoms with E-state index in [-0.39, 0.29) is 11.4 Å². The molecule has 0 amide bonds. The fourth-order valence-corrected chi connectivity index (χ4v) is 2.14. The van der Waals surface area contributed by atoms with E-state index in [1.165, 1.54) is 12.1 Å². The van der Waals surface area contributed by atoms with Gasteiger partial charge in [-0.05, 0) is 25.1 Å². The molecule has 0 aromatic heterocycles. The Morgan fingerprint density at radius 3 is 2.78 bits per heavy atom. The molecule has 1 aromatic rings. The molecule has 7 heteroatoms. The molecule has 1 aliphatic heterocycles. The van der Waals surface area contributed by atoms with Crippen LogP contribution in [-0.2, 0) is 10.3 Å². The Hall–Kier alpha value is -1.08. The highest BCUT2D eigenvalue weighted by Crippen LogP contribution is 2.45. The maximum absolute atomic E-state index is 13.9. The van der Waals surface area contributed by atoms with Crippen molar-refractivity contribution in [1.29, 1.82) is 0 Å². The molecule has 0 aliphatic carbocycles. The van der Waals surface area contributed by atoms with Crippen molar-refractivity contribution in [2.45, 2.75) is 18.6 Å². The van der Waals surface area contributed by atoms with Gasteiger partial charge < -0.3 is 10.5 Å². The highest BCUT2D eigenvalue weighted by Gasteiger charge is 2.56. The first kappa shape index (κ1) is 13.4. The van der Waals surface area contributed by atoms with Crippen molar-refractivity contribution in [2.24, 2.45) is 10.7 Å². The fourth-order valence-electron chi connectivity index (χ4n) is 1.78. The maximum Gasteiger partial charge on any atom is 0.385 e. The summed E-state index contributed by atoms with van der Waals surface area (Å²) in [6, 6.07) is 3.74. The molecule has 1 aromatic carbocycles. The van der Waals surface area contributed by atoms with E-state index in [2.05, 4.69) is 25.7 Å². The van der Waals surface area contributed by atoms with Crippen molar-refractivity contribution in [3.05, 3.63) is 34.1 Å². The lowest BCUT2D eigenvalue weighted by Crippen LogP contribution is -2.50. The predicted octanol–water partition coefficient (Wildman–Crippen LogP) is 2.78. The van der Waals surface area contributed by atoms with Gasteiger partial charge in [0.15, 0.2) is 5.54 Å². The van der Waals surface area contributed by atoms with Crippen molar-refractivity contribution in [1.82, 2.24) is 0 Å². The average molecular weight is 323 g/mol. The molecule has 0 bridgehead atoms. The Bertz CT molecular complexity index is 521. The molecule has 0 fully saturated rings. The van der Waals surface area contributed by atoms with E-state index in [0.29, 0.717) is 4.47 Å². The number of rotatable bonds is 1. The molecule has 18 heavy (non-hydrogen) atoms. The Labute approximate surface area is 110 Å². The smallest absolute Gasteiger partial charge is 0.385 e. The summed E-state index contributed by atoms with van der Waals surface area (Å²) in [5.74, 6) is -0.884. The standard InChI is InChI=1S/C11H10BrF3N2O/c1-10(7-4-6(12)2-3-8(7)13)11(14,15)18-5-9(16)17-10/h2-4H,5H2,1H3,(H2,16,17)/t10-/m1/s1. The van der Waals surface area contributed by atoms with E-state index < -0.39 is 24.1 Å². The molecule has 98 valence electrons. The first-order chi connectivity index (χ1) is 8.26. The van der Waals surface area contributed by atoms with Crippen LogP contribution in [0.2, 0.25) is 0 Å². The quantitative estimate of drug-likeness (QED) is 0.864. The Morgan fingerprint density at radius 1 is 1.44 bits per heavy atom. The number of halogens is 4. The minimum absolute atomic E-state index is 0.0946. The van der Waals surface area contributed by atoms with Gasteiger partial charge in [-0.1, -0.05) is 15.9 Å². The number of hydrogen-bond acceptors (Lipinski definition) is 3. The molecule has 0 radical (unpaired) electrons. The van der Waals surface area contributed by atoms with Crippen LogP contribution in [-0.4, -0.2) is 18.6 Å². The zero-order valence-corrected chi connectivity index (χ0v) is 11.0. The summed E-state index contributed by atoms with van der Waals surface area (Å²) in [5.41, 5.74) is 2.96. The summed E-state index contributed by atoms with van der Waals surface area (Å²) in [6.45, 7) is 0.613. The molecular formula is C11H10BrF3N2O. The second-order valence-corrected chi connectivity index (χ2v) is 5.02. The van der Waals surface area contributed by atoms with Gasteiger partial charge in [-0.25, -0.2) is 9.38 Å². The topological polar surface area (TPSA) is 47.6 Å². The number of nitrogens with zero attached hydrogens (tertiary/aromatic N) is 1. The van der Waals surface area contributed by atoms with Crippen molar-refractivity contribution >= 4 is 21.8 Å². The zero-order valence-electron chi connectivity index (χ0n) is 9.38. The summed E-state index contributed by atoms with van der Waals surface area (Å²) >= 11 is 3.11. The fraction of sp³-hybridized carbons (Fsp3) is 0.364. The van der Waals surface area contributed by atoms with E-state index in [1.54, 1.807) is 0 Å². The van der Waals surface area contributed by atoms with Gasteiger partial charge in [-0.3, -0.25) is 0 Å². The number of amidine groups is 1. The SMILES string of the molecule is C[C@]1(c2cc(Br)ccc2F)N=C(N)COC1(F)F. The highest BCUT2D eigenvalue weighted by molar-refractivity contribution is 9.10. The molecule has 0 saturated carbocycles. The van der Waals surface area contributed by atoms with Gasteiger partial charge in [0.05, 0.1) is 0 Å². The number of alkyl halides is 2. The van der Waals surface area contributed by atoms with Gasteiger partial charge >= 0.3 is 6.11 Å². The van der Waals surface area contributed by atoms with Crippen LogP contribution in [0.25, 0.3) is 0 Å². The molecule has 1 aliphatic rings. The van der Waals surface area contributed by atoms with Gasteiger partial charge in [0.2, 0.25) is 0 Å². The Morgan fingerprint density at radius 2 is 2.11 bits per heavy atom. The van der Waals surface area contributed by atoms with Gasteiger partial charge in [0.1, 0.15) is 18.3 Å². The van der Waals surface area contributed by atoms with Gasteiger partial charge in [-0.15, -0.1) is 0 Å². The second-order valence-electron chi connectivity index (χ2n) is 4.10. The van der Waals surface area contributed by atoms with Crippen LogP contribution in [0.15, 0.2) is 27.7 Å². The third-order valence-electron chi connectivity index (χ3n) is 2.79. The summed E-state index contributed by atoms with van der Waals surface area (Å²) in [6.07, 6.45) is -3.63. The Kier molecular flexibility index (Phi) is 3.14. The van der Waals surface area contributed by atoms with E-state index in [1.807, 2.05) is 0 Å². The third-order valence-corrected chi connectivity index (χ3v) is 3.28. The summed E-state index contributed by atoms with van der Waals surface area (Å²) in [4.78, 5) is 3.70. The molecule has 1 heterocycles. The van der Waals surface area contributed by atoms with Gasteiger partial charge in [0.25, 0.3) is 0 Å². The van der Waals surface area contributed by atoms with Crippen molar-refractivity contribution in [3.8, 4) is 0 Å². The monoisotopic (exact) mass is 322 g/mol. The largest absolute Gasteiger partial charge is 0.385 e. The van der Waals surface area contributed by atoms with Gasteiger partial charge in [0, 0.05) is 10.0 Å². The summed E-state index contributed by atoms with van der Waals surface area (Å²) in [7, 11) is 0. The zero-order chi connectivity index (χ0) is 13.6. The van der Waals surface area contributed by atoms with E-state index in [4.69, 9.17) is 5.73 Å². The molecule has 2 rings (SSSR count). The number of ether oxygens (including phenoxy) is 1. The third kappa shape index (κ3) is 2.01. The summed E-state index contributed by atoms with van der Waals surface area (Å²) < 4.78 is 46.3. The van der Waals surface area contributed by atoms with Crippen LogP contribution < -0.4 is 5.73 Å². The first-order valence-corrected chi connectivity index (χ1v) is 5.87. The van der Waals surface area contributed by atoms with E-state index >= 15 is 0 Å². The number of hydrogen-bond donors (Lipinski definition) is 1. The average Bonchev–Trinajstić information content (AvgIpc) is 2.28. The van der Waals surface area contributed by atoms with Gasteiger partial charge in [-0.2, -0.15) is 8.78 Å². The molecule has 2 N–H and O–H groups in total. The van der Waals surface area contributed by atoms with Crippen LogP contribution >= 0.6 is 15.9 Å². The lowest BCUT2D eigenvalue weighted by atomic mass is 9.90. The van der Waals surface area contributed by atoms with Crippen molar-refractivity contribution < 1.29 is 17.9 Å². The lowest BCUT2D eigenvalue weighted by Gasteiger charge is -2.37. The number of benzene rings is 1. The first-order valence-electron chi connectivity index (χ1n) is 5.08. The molecule has 0 spiro atoms. The number of aliphatic imine (C=N–C) groups is 1. The maximum atomic E-state index is 13.9. The van der Waals surface area contributed by atoms with Crippen LogP contribution in [0, 0.1) is 5.82 Å². The minimum Gasteiger partial charge on any atom is -0.385 e. The highest BCUT2D eigenvalue weighted by atomic mass is 79.9. The van der Waals surface area contributed by atoms with Crippen LogP contribution in [0.4, 0.5) is 13.2 Å². The van der Waals surface area contributed by atoms with Crippen LogP contribution in [0.5, 0.6) is 0 Å². The molecule has 0 unspecified atom stereocenters. The normalized spacial score (nSPS) is 26.8. The predicted molar refractivity (Wildman–Crippen MR) is 64.0 cm³/mol. The Balaban J connectivity index is 2.65.